The number of carbonyl (C=O) groups excluding carboxylic acids is 1. The molecule has 0 aromatic heterocycles. The molecule has 1 aliphatic rings. The van der Waals surface area contributed by atoms with Gasteiger partial charge in [-0.05, 0) is 30.7 Å². The molecule has 1 amide bonds. The number of carbonyl (C=O) groups is 1. The topological polar surface area (TPSA) is 32.7 Å². The number of halogens is 1. The highest BCUT2D eigenvalue weighted by atomic mass is 19.1. The average molecular weight is 220 g/mol. The predicted molar refractivity (Wildman–Crippen MR) is 60.8 cm³/mol. The summed E-state index contributed by atoms with van der Waals surface area (Å²) in [6.45, 7) is 2.05. The Bertz CT molecular complexity index is 425. The van der Waals surface area contributed by atoms with Gasteiger partial charge in [0, 0.05) is 5.71 Å². The van der Waals surface area contributed by atoms with E-state index in [2.05, 4.69) is 5.10 Å². The van der Waals surface area contributed by atoms with Gasteiger partial charge in [0.15, 0.2) is 0 Å². The lowest BCUT2D eigenvalue weighted by Gasteiger charge is -2.10. The zero-order chi connectivity index (χ0) is 11.5. The number of hydrazone groups is 1. The summed E-state index contributed by atoms with van der Waals surface area (Å²) in [6, 6.07) is 5.78. The van der Waals surface area contributed by atoms with E-state index in [0.29, 0.717) is 12.1 Å². The van der Waals surface area contributed by atoms with Crippen LogP contribution in [0.25, 0.3) is 0 Å². The molecule has 0 N–H and O–H groups in total. The predicted octanol–water partition coefficient (Wildman–Crippen LogP) is 2.72. The molecule has 0 unspecified atom stereocenters. The number of rotatable bonds is 3. The van der Waals surface area contributed by atoms with E-state index in [1.54, 1.807) is 12.1 Å². The van der Waals surface area contributed by atoms with Crippen molar-refractivity contribution in [1.82, 2.24) is 0 Å². The number of amides is 1. The second-order valence-electron chi connectivity index (χ2n) is 3.77. The third-order valence-corrected chi connectivity index (χ3v) is 2.44. The zero-order valence-electron chi connectivity index (χ0n) is 9.11. The molecule has 0 aliphatic carbocycles. The van der Waals surface area contributed by atoms with Crippen LogP contribution >= 0.6 is 0 Å². The molecule has 0 saturated carbocycles. The van der Waals surface area contributed by atoms with E-state index in [4.69, 9.17) is 0 Å². The van der Waals surface area contributed by atoms with Crippen molar-refractivity contribution in [3.63, 3.8) is 0 Å². The SMILES string of the molecule is CCCC1=NN(c2ccc(F)cc2)C(=O)C1. The van der Waals surface area contributed by atoms with Gasteiger partial charge < -0.3 is 0 Å². The minimum atomic E-state index is -0.312. The van der Waals surface area contributed by atoms with E-state index >= 15 is 0 Å². The summed E-state index contributed by atoms with van der Waals surface area (Å²) in [6.07, 6.45) is 2.19. The number of hydrogen-bond donors (Lipinski definition) is 0. The van der Waals surface area contributed by atoms with Crippen LogP contribution in [-0.4, -0.2) is 11.6 Å². The molecular weight excluding hydrogens is 207 g/mol. The maximum Gasteiger partial charge on any atom is 0.253 e. The van der Waals surface area contributed by atoms with E-state index in [9.17, 15) is 9.18 Å². The second-order valence-corrected chi connectivity index (χ2v) is 3.77. The Morgan fingerprint density at radius 1 is 1.38 bits per heavy atom. The molecule has 1 aromatic carbocycles. The molecule has 0 spiro atoms. The molecule has 0 bridgehead atoms. The first kappa shape index (κ1) is 10.8. The van der Waals surface area contributed by atoms with Gasteiger partial charge in [0.1, 0.15) is 5.82 Å². The standard InChI is InChI=1S/C12H13FN2O/c1-2-3-10-8-12(16)15(14-10)11-6-4-9(13)5-7-11/h4-7H,2-3,8H2,1H3. The maximum atomic E-state index is 12.7. The molecule has 84 valence electrons. The largest absolute Gasteiger partial charge is 0.272 e. The Hall–Kier alpha value is -1.71. The maximum absolute atomic E-state index is 12.7. The fraction of sp³-hybridized carbons (Fsp3) is 0.333. The summed E-state index contributed by atoms with van der Waals surface area (Å²) in [4.78, 5) is 11.7. The Balaban J connectivity index is 2.21. The van der Waals surface area contributed by atoms with Gasteiger partial charge in [-0.25, -0.2) is 9.40 Å². The Morgan fingerprint density at radius 3 is 2.69 bits per heavy atom. The number of hydrogen-bond acceptors (Lipinski definition) is 2. The summed E-state index contributed by atoms with van der Waals surface area (Å²) in [5.74, 6) is -0.358. The van der Waals surface area contributed by atoms with Crippen LogP contribution in [0, 0.1) is 5.82 Å². The van der Waals surface area contributed by atoms with Crippen LogP contribution in [0.4, 0.5) is 10.1 Å². The lowest BCUT2D eigenvalue weighted by Crippen LogP contribution is -2.19. The minimum Gasteiger partial charge on any atom is -0.272 e. The number of nitrogens with zero attached hydrogens (tertiary/aromatic N) is 2. The number of anilines is 1. The molecule has 0 radical (unpaired) electrons. The van der Waals surface area contributed by atoms with E-state index in [1.165, 1.54) is 17.1 Å². The summed E-state index contributed by atoms with van der Waals surface area (Å²) >= 11 is 0. The molecule has 0 fully saturated rings. The highest BCUT2D eigenvalue weighted by molar-refractivity contribution is 6.12. The van der Waals surface area contributed by atoms with Crippen LogP contribution in [-0.2, 0) is 4.79 Å². The first-order valence-corrected chi connectivity index (χ1v) is 5.35. The second kappa shape index (κ2) is 4.43. The van der Waals surface area contributed by atoms with Crippen molar-refractivity contribution in [1.29, 1.82) is 0 Å². The molecule has 2 rings (SSSR count). The molecule has 1 heterocycles. The molecule has 3 nitrogen and oxygen atoms in total. The molecule has 0 atom stereocenters. The van der Waals surface area contributed by atoms with Crippen molar-refractivity contribution in [2.45, 2.75) is 26.2 Å². The fourth-order valence-electron chi connectivity index (χ4n) is 1.69. The summed E-state index contributed by atoms with van der Waals surface area (Å²) in [7, 11) is 0. The lowest BCUT2D eigenvalue weighted by molar-refractivity contribution is -0.116. The smallest absolute Gasteiger partial charge is 0.253 e. The van der Waals surface area contributed by atoms with Crippen LogP contribution in [0.5, 0.6) is 0 Å². The first-order valence-electron chi connectivity index (χ1n) is 5.35. The van der Waals surface area contributed by atoms with Gasteiger partial charge in [0.05, 0.1) is 12.1 Å². The van der Waals surface area contributed by atoms with Gasteiger partial charge in [-0.3, -0.25) is 4.79 Å². The average Bonchev–Trinajstić information content (AvgIpc) is 2.61. The molecule has 1 aromatic rings. The van der Waals surface area contributed by atoms with E-state index < -0.39 is 0 Å². The quantitative estimate of drug-likeness (QED) is 0.770. The van der Waals surface area contributed by atoms with Crippen LogP contribution in [0.3, 0.4) is 0 Å². The minimum absolute atomic E-state index is 0.0462. The van der Waals surface area contributed by atoms with Crippen molar-refractivity contribution in [2.75, 3.05) is 5.01 Å². The van der Waals surface area contributed by atoms with Crippen molar-refractivity contribution in [2.24, 2.45) is 5.10 Å². The highest BCUT2D eigenvalue weighted by Gasteiger charge is 2.24. The van der Waals surface area contributed by atoms with Gasteiger partial charge in [-0.2, -0.15) is 5.10 Å². The molecule has 0 saturated heterocycles. The summed E-state index contributed by atoms with van der Waals surface area (Å²) in [5.41, 5.74) is 1.52. The fourth-order valence-corrected chi connectivity index (χ4v) is 1.69. The van der Waals surface area contributed by atoms with E-state index in [0.717, 1.165) is 18.6 Å². The third kappa shape index (κ3) is 2.10. The Morgan fingerprint density at radius 2 is 2.06 bits per heavy atom. The van der Waals surface area contributed by atoms with Gasteiger partial charge in [-0.1, -0.05) is 13.3 Å². The van der Waals surface area contributed by atoms with Gasteiger partial charge in [-0.15, -0.1) is 0 Å². The Labute approximate surface area is 93.6 Å². The van der Waals surface area contributed by atoms with Crippen molar-refractivity contribution < 1.29 is 9.18 Å². The van der Waals surface area contributed by atoms with E-state index in [1.807, 2.05) is 6.92 Å². The first-order chi connectivity index (χ1) is 7.70. The molecule has 16 heavy (non-hydrogen) atoms. The molecule has 4 heteroatoms. The molecule has 1 aliphatic heterocycles. The highest BCUT2D eigenvalue weighted by Crippen LogP contribution is 2.21. The van der Waals surface area contributed by atoms with E-state index in [-0.39, 0.29) is 11.7 Å². The van der Waals surface area contributed by atoms with Crippen LogP contribution < -0.4 is 5.01 Å². The van der Waals surface area contributed by atoms with Crippen molar-refractivity contribution in [3.8, 4) is 0 Å². The third-order valence-electron chi connectivity index (χ3n) is 2.44. The normalized spacial score (nSPS) is 15.5. The Kier molecular flexibility index (Phi) is 2.99. The summed E-state index contributed by atoms with van der Waals surface area (Å²) < 4.78 is 12.7. The van der Waals surface area contributed by atoms with Crippen molar-refractivity contribution in [3.05, 3.63) is 30.1 Å². The van der Waals surface area contributed by atoms with Crippen LogP contribution in [0.1, 0.15) is 26.2 Å². The molecular formula is C12H13FN2O. The lowest BCUT2D eigenvalue weighted by atomic mass is 10.2. The van der Waals surface area contributed by atoms with Crippen LogP contribution in [0.2, 0.25) is 0 Å². The summed E-state index contributed by atoms with van der Waals surface area (Å²) in [5, 5.41) is 5.59. The number of benzene rings is 1. The monoisotopic (exact) mass is 220 g/mol. The zero-order valence-corrected chi connectivity index (χ0v) is 9.11. The van der Waals surface area contributed by atoms with Gasteiger partial charge >= 0.3 is 0 Å². The van der Waals surface area contributed by atoms with Crippen molar-refractivity contribution >= 4 is 17.3 Å². The van der Waals surface area contributed by atoms with Crippen LogP contribution in [0.15, 0.2) is 29.4 Å². The van der Waals surface area contributed by atoms with Gasteiger partial charge in [0.25, 0.3) is 5.91 Å². The van der Waals surface area contributed by atoms with Gasteiger partial charge in [0.2, 0.25) is 0 Å².